The second-order valence-electron chi connectivity index (χ2n) is 5.77. The fourth-order valence-electron chi connectivity index (χ4n) is 1.67. The lowest BCUT2D eigenvalue weighted by Gasteiger charge is -2.30. The summed E-state index contributed by atoms with van der Waals surface area (Å²) in [6.07, 6.45) is 1.80. The van der Waals surface area contributed by atoms with E-state index in [1.165, 1.54) is 0 Å². The van der Waals surface area contributed by atoms with Crippen molar-refractivity contribution >= 4 is 16.6 Å². The summed E-state index contributed by atoms with van der Waals surface area (Å²) in [7, 11) is 0. The van der Waals surface area contributed by atoms with Crippen LogP contribution in [0.2, 0.25) is 0 Å². The molecular weight excluding hydrogens is 222 g/mol. The summed E-state index contributed by atoms with van der Waals surface area (Å²) < 4.78 is 0. The molecule has 0 aliphatic heterocycles. The number of fused-ring (bicyclic) bond motifs is 1. The van der Waals surface area contributed by atoms with Gasteiger partial charge in [0.15, 0.2) is 0 Å². The monoisotopic (exact) mass is 243 g/mol. The second-order valence-corrected chi connectivity index (χ2v) is 5.77. The molecule has 96 valence electrons. The summed E-state index contributed by atoms with van der Waals surface area (Å²) in [4.78, 5) is 0. The van der Waals surface area contributed by atoms with E-state index in [1.807, 2.05) is 18.2 Å². The predicted molar refractivity (Wildman–Crippen MR) is 76.6 cm³/mol. The molecule has 0 aliphatic rings. The molecule has 1 aromatic heterocycles. The first-order valence-electron chi connectivity index (χ1n) is 6.45. The van der Waals surface area contributed by atoms with Crippen LogP contribution in [-0.4, -0.2) is 16.7 Å². The van der Waals surface area contributed by atoms with Gasteiger partial charge in [0.25, 0.3) is 0 Å². The number of hydrogen-bond donors (Lipinski definition) is 1. The van der Waals surface area contributed by atoms with E-state index in [4.69, 9.17) is 0 Å². The SMILES string of the molecule is CC(C)C(C)(C)CNc1cnnc2ccccc12. The molecule has 0 saturated carbocycles. The maximum atomic E-state index is 4.13. The zero-order valence-electron chi connectivity index (χ0n) is 11.6. The summed E-state index contributed by atoms with van der Waals surface area (Å²) >= 11 is 0. The Morgan fingerprint density at radius 3 is 2.67 bits per heavy atom. The van der Waals surface area contributed by atoms with Gasteiger partial charge in [-0.3, -0.25) is 0 Å². The van der Waals surface area contributed by atoms with E-state index in [1.54, 1.807) is 6.20 Å². The molecule has 18 heavy (non-hydrogen) atoms. The van der Waals surface area contributed by atoms with Crippen molar-refractivity contribution in [2.75, 3.05) is 11.9 Å². The molecule has 1 aromatic carbocycles. The Kier molecular flexibility index (Phi) is 3.50. The number of nitrogens with one attached hydrogen (secondary N) is 1. The van der Waals surface area contributed by atoms with Crippen molar-refractivity contribution in [3.63, 3.8) is 0 Å². The molecule has 0 unspecified atom stereocenters. The van der Waals surface area contributed by atoms with Crippen molar-refractivity contribution in [1.29, 1.82) is 0 Å². The molecule has 0 bridgehead atoms. The number of benzene rings is 1. The molecule has 3 heteroatoms. The van der Waals surface area contributed by atoms with Crippen molar-refractivity contribution in [3.05, 3.63) is 30.5 Å². The standard InChI is InChI=1S/C15H21N3/c1-11(2)15(3,4)10-16-14-9-17-18-13-8-6-5-7-12(13)14/h5-9,11H,10H2,1-4H3,(H,16,18). The molecule has 0 spiro atoms. The highest BCUT2D eigenvalue weighted by Crippen LogP contribution is 2.27. The molecule has 0 saturated heterocycles. The molecule has 1 N–H and O–H groups in total. The van der Waals surface area contributed by atoms with Gasteiger partial charge in [-0.15, -0.1) is 0 Å². The van der Waals surface area contributed by atoms with Gasteiger partial charge in [0.05, 0.1) is 17.4 Å². The summed E-state index contributed by atoms with van der Waals surface area (Å²) in [5.74, 6) is 0.631. The van der Waals surface area contributed by atoms with Gasteiger partial charge >= 0.3 is 0 Å². The van der Waals surface area contributed by atoms with Crippen molar-refractivity contribution in [2.45, 2.75) is 27.7 Å². The van der Waals surface area contributed by atoms with E-state index in [2.05, 4.69) is 49.3 Å². The highest BCUT2D eigenvalue weighted by molar-refractivity contribution is 5.90. The average Bonchev–Trinajstić information content (AvgIpc) is 2.36. The molecule has 0 atom stereocenters. The van der Waals surface area contributed by atoms with Crippen molar-refractivity contribution < 1.29 is 0 Å². The maximum absolute atomic E-state index is 4.13. The van der Waals surface area contributed by atoms with Crippen LogP contribution in [0.1, 0.15) is 27.7 Å². The van der Waals surface area contributed by atoms with Crippen LogP contribution in [0.4, 0.5) is 5.69 Å². The van der Waals surface area contributed by atoms with E-state index in [-0.39, 0.29) is 5.41 Å². The fraction of sp³-hybridized carbons (Fsp3) is 0.467. The Morgan fingerprint density at radius 2 is 1.94 bits per heavy atom. The van der Waals surface area contributed by atoms with Gasteiger partial charge in [0, 0.05) is 11.9 Å². The van der Waals surface area contributed by atoms with Gasteiger partial charge in [-0.25, -0.2) is 0 Å². The smallest absolute Gasteiger partial charge is 0.0950 e. The zero-order valence-corrected chi connectivity index (χ0v) is 11.6. The van der Waals surface area contributed by atoms with Crippen LogP contribution < -0.4 is 5.32 Å². The lowest BCUT2D eigenvalue weighted by molar-refractivity contribution is 0.270. The molecule has 2 rings (SSSR count). The minimum absolute atomic E-state index is 0.254. The topological polar surface area (TPSA) is 37.8 Å². The van der Waals surface area contributed by atoms with Crippen LogP contribution in [0.25, 0.3) is 10.9 Å². The number of anilines is 1. The van der Waals surface area contributed by atoms with Crippen LogP contribution >= 0.6 is 0 Å². The first-order chi connectivity index (χ1) is 8.50. The van der Waals surface area contributed by atoms with E-state index < -0.39 is 0 Å². The maximum Gasteiger partial charge on any atom is 0.0950 e. The third-order valence-corrected chi connectivity index (χ3v) is 3.84. The quantitative estimate of drug-likeness (QED) is 0.889. The van der Waals surface area contributed by atoms with Gasteiger partial charge < -0.3 is 5.32 Å². The van der Waals surface area contributed by atoms with E-state index in [0.717, 1.165) is 23.1 Å². The Bertz CT molecular complexity index is 527. The Morgan fingerprint density at radius 1 is 1.22 bits per heavy atom. The molecule has 0 aliphatic carbocycles. The predicted octanol–water partition coefficient (Wildman–Crippen LogP) is 3.72. The van der Waals surface area contributed by atoms with Gasteiger partial charge in [-0.05, 0) is 17.4 Å². The van der Waals surface area contributed by atoms with Gasteiger partial charge in [-0.1, -0.05) is 45.9 Å². The number of rotatable bonds is 4. The minimum atomic E-state index is 0.254. The Hall–Kier alpha value is -1.64. The van der Waals surface area contributed by atoms with Gasteiger partial charge in [0.2, 0.25) is 0 Å². The van der Waals surface area contributed by atoms with Crippen LogP contribution in [0, 0.1) is 11.3 Å². The first kappa shape index (κ1) is 12.8. The van der Waals surface area contributed by atoms with Gasteiger partial charge in [0.1, 0.15) is 0 Å². The second kappa shape index (κ2) is 4.92. The van der Waals surface area contributed by atoms with E-state index in [9.17, 15) is 0 Å². The third-order valence-electron chi connectivity index (χ3n) is 3.84. The lowest BCUT2D eigenvalue weighted by atomic mass is 9.81. The Labute approximate surface area is 109 Å². The summed E-state index contributed by atoms with van der Waals surface area (Å²) in [6, 6.07) is 8.08. The average molecular weight is 243 g/mol. The van der Waals surface area contributed by atoms with Crippen LogP contribution in [0.15, 0.2) is 30.5 Å². The largest absolute Gasteiger partial charge is 0.383 e. The normalized spacial score (nSPS) is 12.1. The summed E-state index contributed by atoms with van der Waals surface area (Å²) in [5, 5.41) is 12.8. The highest BCUT2D eigenvalue weighted by Gasteiger charge is 2.22. The molecule has 0 radical (unpaired) electrons. The summed E-state index contributed by atoms with van der Waals surface area (Å²) in [5.41, 5.74) is 2.25. The van der Waals surface area contributed by atoms with Crippen LogP contribution in [-0.2, 0) is 0 Å². The van der Waals surface area contributed by atoms with Crippen LogP contribution in [0.5, 0.6) is 0 Å². The van der Waals surface area contributed by atoms with E-state index >= 15 is 0 Å². The van der Waals surface area contributed by atoms with Gasteiger partial charge in [-0.2, -0.15) is 10.2 Å². The molecule has 2 aromatic rings. The van der Waals surface area contributed by atoms with Crippen molar-refractivity contribution in [1.82, 2.24) is 10.2 Å². The molecule has 3 nitrogen and oxygen atoms in total. The Balaban J connectivity index is 2.22. The van der Waals surface area contributed by atoms with Crippen molar-refractivity contribution in [3.8, 4) is 0 Å². The van der Waals surface area contributed by atoms with E-state index in [0.29, 0.717) is 5.92 Å². The number of nitrogens with zero attached hydrogens (tertiary/aromatic N) is 2. The lowest BCUT2D eigenvalue weighted by Crippen LogP contribution is -2.28. The molecule has 0 fully saturated rings. The first-order valence-corrected chi connectivity index (χ1v) is 6.45. The molecule has 0 amide bonds. The fourth-order valence-corrected chi connectivity index (χ4v) is 1.67. The number of hydrogen-bond acceptors (Lipinski definition) is 3. The third kappa shape index (κ3) is 2.61. The molecule has 1 heterocycles. The van der Waals surface area contributed by atoms with Crippen molar-refractivity contribution in [2.24, 2.45) is 11.3 Å². The van der Waals surface area contributed by atoms with Crippen LogP contribution in [0.3, 0.4) is 0 Å². The highest BCUT2D eigenvalue weighted by atomic mass is 15.1. The molecular formula is C15H21N3. The number of aromatic nitrogens is 2. The summed E-state index contributed by atoms with van der Waals surface area (Å²) in [6.45, 7) is 10.00. The minimum Gasteiger partial charge on any atom is -0.383 e. The zero-order chi connectivity index (χ0) is 13.2.